The van der Waals surface area contributed by atoms with Crippen LogP contribution in [0.4, 0.5) is 5.69 Å². The summed E-state index contributed by atoms with van der Waals surface area (Å²) in [6.07, 6.45) is 4.18. The average Bonchev–Trinajstić information content (AvgIpc) is 3.07. The lowest BCUT2D eigenvalue weighted by atomic mass is 10.0. The molecule has 1 amide bonds. The van der Waals surface area contributed by atoms with E-state index in [0.717, 1.165) is 49.1 Å². The molecule has 5 atom stereocenters. The summed E-state index contributed by atoms with van der Waals surface area (Å²) in [5, 5.41) is 0. The number of hydrogen-bond acceptors (Lipinski definition) is 3. The molecule has 134 valence electrons. The van der Waals surface area contributed by atoms with Crippen molar-refractivity contribution >= 4 is 11.6 Å². The number of anilines is 1. The lowest BCUT2D eigenvalue weighted by Crippen LogP contribution is -2.54. The predicted octanol–water partition coefficient (Wildman–Crippen LogP) is 3.02. The van der Waals surface area contributed by atoms with Crippen LogP contribution in [0.15, 0.2) is 24.3 Å². The fourth-order valence-electron chi connectivity index (χ4n) is 6.20. The number of amides is 1. The molecule has 25 heavy (non-hydrogen) atoms. The Morgan fingerprint density at radius 1 is 1.16 bits per heavy atom. The van der Waals surface area contributed by atoms with Gasteiger partial charge in [0.25, 0.3) is 0 Å². The van der Waals surface area contributed by atoms with E-state index in [9.17, 15) is 4.79 Å². The Balaban J connectivity index is 1.25. The second-order valence-electron chi connectivity index (χ2n) is 8.54. The number of rotatable bonds is 3. The maximum absolute atomic E-state index is 13.1. The van der Waals surface area contributed by atoms with Crippen molar-refractivity contribution in [1.29, 1.82) is 0 Å². The van der Waals surface area contributed by atoms with Gasteiger partial charge in [-0.1, -0.05) is 6.07 Å². The summed E-state index contributed by atoms with van der Waals surface area (Å²) in [5.41, 5.74) is 1.19. The van der Waals surface area contributed by atoms with Crippen LogP contribution in [0.2, 0.25) is 0 Å². The SMILES string of the molecule is COc1cccc(N2CCN(C(=O)C3[C@@H]4[C@H]5CC[C@@H](C5)[C@@H]34)C[C@H]2C)c1. The van der Waals surface area contributed by atoms with Crippen LogP contribution in [-0.2, 0) is 4.79 Å². The first kappa shape index (κ1) is 15.5. The smallest absolute Gasteiger partial charge is 0.226 e. The molecule has 4 fully saturated rings. The summed E-state index contributed by atoms with van der Waals surface area (Å²) >= 11 is 0. The molecule has 4 nitrogen and oxygen atoms in total. The second-order valence-corrected chi connectivity index (χ2v) is 8.54. The van der Waals surface area contributed by atoms with Gasteiger partial charge < -0.3 is 14.5 Å². The lowest BCUT2D eigenvalue weighted by Gasteiger charge is -2.41. The van der Waals surface area contributed by atoms with E-state index >= 15 is 0 Å². The molecule has 2 bridgehead atoms. The average molecular weight is 340 g/mol. The highest BCUT2D eigenvalue weighted by molar-refractivity contribution is 5.83. The van der Waals surface area contributed by atoms with Gasteiger partial charge in [0.05, 0.1) is 7.11 Å². The Bertz CT molecular complexity index is 674. The van der Waals surface area contributed by atoms with Gasteiger partial charge in [0.2, 0.25) is 5.91 Å². The summed E-state index contributed by atoms with van der Waals surface area (Å²) in [4.78, 5) is 17.6. The zero-order valence-electron chi connectivity index (χ0n) is 15.2. The van der Waals surface area contributed by atoms with E-state index in [1.54, 1.807) is 7.11 Å². The fraction of sp³-hybridized carbons (Fsp3) is 0.667. The molecular formula is C21H28N2O2. The van der Waals surface area contributed by atoms with Crippen LogP contribution in [0, 0.1) is 29.6 Å². The minimum atomic E-state index is 0.347. The van der Waals surface area contributed by atoms with Crippen LogP contribution >= 0.6 is 0 Å². The van der Waals surface area contributed by atoms with E-state index in [1.165, 1.54) is 24.9 Å². The minimum absolute atomic E-state index is 0.347. The number of nitrogens with zero attached hydrogens (tertiary/aromatic N) is 2. The molecule has 0 N–H and O–H groups in total. The summed E-state index contributed by atoms with van der Waals surface area (Å²) in [7, 11) is 1.71. The zero-order valence-corrected chi connectivity index (χ0v) is 15.2. The molecule has 1 aromatic rings. The van der Waals surface area contributed by atoms with Gasteiger partial charge >= 0.3 is 0 Å². The molecule has 1 aromatic carbocycles. The van der Waals surface area contributed by atoms with Gasteiger partial charge in [-0.05, 0) is 62.0 Å². The van der Waals surface area contributed by atoms with E-state index in [-0.39, 0.29) is 0 Å². The van der Waals surface area contributed by atoms with Crippen molar-refractivity contribution in [2.24, 2.45) is 29.6 Å². The number of methoxy groups -OCH3 is 1. The zero-order chi connectivity index (χ0) is 17.1. The van der Waals surface area contributed by atoms with E-state index in [1.807, 2.05) is 12.1 Å². The minimum Gasteiger partial charge on any atom is -0.497 e. The third kappa shape index (κ3) is 2.37. The molecule has 4 heteroatoms. The molecule has 0 spiro atoms. The van der Waals surface area contributed by atoms with Crippen LogP contribution in [0.5, 0.6) is 5.75 Å². The molecule has 1 heterocycles. The quantitative estimate of drug-likeness (QED) is 0.848. The number of fused-ring (bicyclic) bond motifs is 5. The van der Waals surface area contributed by atoms with Crippen molar-refractivity contribution in [2.75, 3.05) is 31.6 Å². The van der Waals surface area contributed by atoms with Gasteiger partial charge in [-0.25, -0.2) is 0 Å². The number of benzene rings is 1. The molecule has 5 rings (SSSR count). The number of ether oxygens (including phenoxy) is 1. The fourth-order valence-corrected chi connectivity index (χ4v) is 6.20. The maximum Gasteiger partial charge on any atom is 0.226 e. The molecular weight excluding hydrogens is 312 g/mol. The number of carbonyl (C=O) groups is 1. The Kier molecular flexibility index (Phi) is 3.51. The van der Waals surface area contributed by atoms with Gasteiger partial charge in [-0.15, -0.1) is 0 Å². The Labute approximate surface area is 150 Å². The van der Waals surface area contributed by atoms with Crippen LogP contribution in [0.3, 0.4) is 0 Å². The van der Waals surface area contributed by atoms with Gasteiger partial charge in [0.1, 0.15) is 5.75 Å². The molecule has 3 saturated carbocycles. The molecule has 3 aliphatic carbocycles. The van der Waals surface area contributed by atoms with Crippen LogP contribution in [-0.4, -0.2) is 43.6 Å². The van der Waals surface area contributed by atoms with E-state index in [2.05, 4.69) is 28.9 Å². The molecule has 1 aliphatic heterocycles. The molecule has 0 unspecified atom stereocenters. The lowest BCUT2D eigenvalue weighted by molar-refractivity contribution is -0.134. The highest BCUT2D eigenvalue weighted by atomic mass is 16.5. The van der Waals surface area contributed by atoms with Gasteiger partial charge in [0.15, 0.2) is 0 Å². The van der Waals surface area contributed by atoms with Crippen molar-refractivity contribution in [2.45, 2.75) is 32.2 Å². The number of carbonyl (C=O) groups excluding carboxylic acids is 1. The molecule has 1 saturated heterocycles. The van der Waals surface area contributed by atoms with Gasteiger partial charge in [-0.3, -0.25) is 4.79 Å². The number of piperazine rings is 1. The maximum atomic E-state index is 13.1. The molecule has 0 radical (unpaired) electrons. The summed E-state index contributed by atoms with van der Waals surface area (Å²) in [6, 6.07) is 8.60. The first-order valence-electron chi connectivity index (χ1n) is 9.87. The Hall–Kier alpha value is -1.71. The van der Waals surface area contributed by atoms with E-state index < -0.39 is 0 Å². The van der Waals surface area contributed by atoms with Crippen molar-refractivity contribution in [3.8, 4) is 5.75 Å². The third-order valence-corrected chi connectivity index (χ3v) is 7.34. The second kappa shape index (κ2) is 5.65. The summed E-state index contributed by atoms with van der Waals surface area (Å²) in [5.74, 6) is 4.98. The van der Waals surface area contributed by atoms with E-state index in [4.69, 9.17) is 4.74 Å². The first-order chi connectivity index (χ1) is 12.2. The predicted molar refractivity (Wildman–Crippen MR) is 97.7 cm³/mol. The summed E-state index contributed by atoms with van der Waals surface area (Å²) < 4.78 is 5.36. The van der Waals surface area contributed by atoms with Crippen molar-refractivity contribution in [3.05, 3.63) is 24.3 Å². The topological polar surface area (TPSA) is 32.8 Å². The van der Waals surface area contributed by atoms with Crippen LogP contribution < -0.4 is 9.64 Å². The highest BCUT2D eigenvalue weighted by Crippen LogP contribution is 2.69. The highest BCUT2D eigenvalue weighted by Gasteiger charge is 2.68. The van der Waals surface area contributed by atoms with Crippen molar-refractivity contribution < 1.29 is 9.53 Å². The van der Waals surface area contributed by atoms with Crippen molar-refractivity contribution in [3.63, 3.8) is 0 Å². The largest absolute Gasteiger partial charge is 0.497 e. The van der Waals surface area contributed by atoms with Gasteiger partial charge in [0, 0.05) is 43.3 Å². The van der Waals surface area contributed by atoms with Crippen molar-refractivity contribution in [1.82, 2.24) is 4.90 Å². The van der Waals surface area contributed by atoms with Crippen LogP contribution in [0.25, 0.3) is 0 Å². The molecule has 4 aliphatic rings. The monoisotopic (exact) mass is 340 g/mol. The standard InChI is InChI=1S/C21H28N2O2/c1-13-12-22(8-9-23(13)16-4-3-5-17(11-16)25-2)21(24)20-18-14-6-7-15(10-14)19(18)20/h3-5,11,13-15,18-20H,6-10,12H2,1-2H3/t13-,14+,15+,18-,19-/m1/s1. The first-order valence-corrected chi connectivity index (χ1v) is 9.87. The number of hydrogen-bond donors (Lipinski definition) is 0. The normalized spacial score (nSPS) is 38.6. The van der Waals surface area contributed by atoms with E-state index in [0.29, 0.717) is 17.9 Å². The summed E-state index contributed by atoms with van der Waals surface area (Å²) in [6.45, 7) is 4.85. The third-order valence-electron chi connectivity index (χ3n) is 7.34. The molecule has 0 aromatic heterocycles. The van der Waals surface area contributed by atoms with Crippen LogP contribution in [0.1, 0.15) is 26.2 Å². The van der Waals surface area contributed by atoms with Gasteiger partial charge in [-0.2, -0.15) is 0 Å². The Morgan fingerprint density at radius 3 is 2.60 bits per heavy atom. The Morgan fingerprint density at radius 2 is 1.92 bits per heavy atom.